The minimum absolute atomic E-state index is 0.0281. The molecule has 0 unspecified atom stereocenters. The van der Waals surface area contributed by atoms with E-state index in [1.165, 1.54) is 11.3 Å². The summed E-state index contributed by atoms with van der Waals surface area (Å²) >= 11 is 1.32. The van der Waals surface area contributed by atoms with Gasteiger partial charge < -0.3 is 14.8 Å². The van der Waals surface area contributed by atoms with E-state index in [1.54, 1.807) is 6.26 Å². The van der Waals surface area contributed by atoms with Gasteiger partial charge in [0, 0.05) is 11.2 Å². The Hall–Kier alpha value is -2.11. The van der Waals surface area contributed by atoms with Crippen molar-refractivity contribution in [3.63, 3.8) is 0 Å². The van der Waals surface area contributed by atoms with E-state index in [4.69, 9.17) is 4.42 Å². The minimum atomic E-state index is -0.876. The molecule has 0 fully saturated rings. The van der Waals surface area contributed by atoms with Crippen molar-refractivity contribution in [2.24, 2.45) is 0 Å². The monoisotopic (exact) mass is 301 g/mol. The third-order valence-electron chi connectivity index (χ3n) is 3.45. The van der Waals surface area contributed by atoms with Crippen molar-refractivity contribution < 1.29 is 14.3 Å². The number of furan rings is 1. The van der Waals surface area contributed by atoms with Crippen molar-refractivity contribution in [2.75, 3.05) is 0 Å². The normalized spacial score (nSPS) is 12.6. The number of thiophene rings is 1. The molecule has 0 spiro atoms. The highest BCUT2D eigenvalue weighted by atomic mass is 32.1. The maximum absolute atomic E-state index is 11.4. The summed E-state index contributed by atoms with van der Waals surface area (Å²) in [5.74, 6) is -0.0370. The van der Waals surface area contributed by atoms with Crippen LogP contribution in [0, 0.1) is 0 Å². The Morgan fingerprint density at radius 3 is 2.86 bits per heavy atom. The molecule has 0 aliphatic rings. The molecule has 0 amide bonds. The van der Waals surface area contributed by atoms with Crippen molar-refractivity contribution >= 4 is 27.4 Å². The second-order valence-electron chi connectivity index (χ2n) is 4.83. The number of carboxylic acid groups (broad SMARTS) is 1. The number of carbonyl (C=O) groups is 1. The summed E-state index contributed by atoms with van der Waals surface area (Å²) in [7, 11) is 0. The van der Waals surface area contributed by atoms with Gasteiger partial charge in [-0.2, -0.15) is 0 Å². The van der Waals surface area contributed by atoms with Crippen LogP contribution in [-0.4, -0.2) is 11.1 Å². The first-order valence-electron chi connectivity index (χ1n) is 6.67. The van der Waals surface area contributed by atoms with Crippen LogP contribution in [0.3, 0.4) is 0 Å². The molecule has 0 aliphatic carbocycles. The first-order chi connectivity index (χ1) is 10.2. The minimum Gasteiger partial charge on any atom is -0.477 e. The van der Waals surface area contributed by atoms with Crippen LogP contribution in [0.25, 0.3) is 10.1 Å². The first-order valence-corrected chi connectivity index (χ1v) is 7.49. The van der Waals surface area contributed by atoms with E-state index in [9.17, 15) is 9.90 Å². The lowest BCUT2D eigenvalue weighted by Gasteiger charge is -2.11. The smallest absolute Gasteiger partial charge is 0.346 e. The molecule has 1 aromatic carbocycles. The van der Waals surface area contributed by atoms with Crippen molar-refractivity contribution in [2.45, 2.75) is 19.5 Å². The van der Waals surface area contributed by atoms with E-state index < -0.39 is 5.97 Å². The zero-order chi connectivity index (χ0) is 14.8. The fourth-order valence-corrected chi connectivity index (χ4v) is 3.40. The Morgan fingerprint density at radius 1 is 1.33 bits per heavy atom. The molecular weight excluding hydrogens is 286 g/mol. The highest BCUT2D eigenvalue weighted by Crippen LogP contribution is 2.31. The lowest BCUT2D eigenvalue weighted by atomic mass is 10.1. The molecule has 21 heavy (non-hydrogen) atoms. The van der Waals surface area contributed by atoms with Crippen LogP contribution in [-0.2, 0) is 6.54 Å². The molecule has 108 valence electrons. The van der Waals surface area contributed by atoms with Gasteiger partial charge in [-0.05, 0) is 36.1 Å². The molecule has 2 N–H and O–H groups in total. The fraction of sp³-hybridized carbons (Fsp3) is 0.188. The Kier molecular flexibility index (Phi) is 3.77. The molecule has 2 aromatic heterocycles. The van der Waals surface area contributed by atoms with Crippen molar-refractivity contribution in [1.82, 2.24) is 5.32 Å². The summed E-state index contributed by atoms with van der Waals surface area (Å²) in [6, 6.07) is 11.5. The third kappa shape index (κ3) is 2.70. The topological polar surface area (TPSA) is 62.5 Å². The molecule has 0 radical (unpaired) electrons. The molecule has 4 nitrogen and oxygen atoms in total. The average molecular weight is 301 g/mol. The lowest BCUT2D eigenvalue weighted by molar-refractivity contribution is 0.0701. The predicted molar refractivity (Wildman–Crippen MR) is 82.7 cm³/mol. The molecule has 0 saturated heterocycles. The van der Waals surface area contributed by atoms with Crippen molar-refractivity contribution in [3.05, 3.63) is 58.9 Å². The van der Waals surface area contributed by atoms with Gasteiger partial charge >= 0.3 is 5.97 Å². The third-order valence-corrected chi connectivity index (χ3v) is 4.65. The molecule has 2 heterocycles. The van der Waals surface area contributed by atoms with Gasteiger partial charge in [0.15, 0.2) is 0 Å². The highest BCUT2D eigenvalue weighted by molar-refractivity contribution is 7.21. The molecule has 0 saturated carbocycles. The largest absolute Gasteiger partial charge is 0.477 e. The van der Waals surface area contributed by atoms with Gasteiger partial charge in [0.05, 0.1) is 12.3 Å². The number of rotatable bonds is 5. The van der Waals surface area contributed by atoms with Gasteiger partial charge in [-0.1, -0.05) is 18.2 Å². The molecule has 3 aromatic rings. The number of carboxylic acids is 1. The highest BCUT2D eigenvalue weighted by Gasteiger charge is 2.18. The molecular formula is C16H15NO3S. The number of fused-ring (bicyclic) bond motifs is 1. The lowest BCUT2D eigenvalue weighted by Crippen LogP contribution is -2.18. The molecule has 1 atom stereocenters. The van der Waals surface area contributed by atoms with Crippen LogP contribution in [0.15, 0.2) is 47.1 Å². The van der Waals surface area contributed by atoms with Crippen LogP contribution < -0.4 is 5.32 Å². The maximum Gasteiger partial charge on any atom is 0.346 e. The number of hydrogen-bond acceptors (Lipinski definition) is 4. The average Bonchev–Trinajstić information content (AvgIpc) is 3.12. The fourth-order valence-electron chi connectivity index (χ4n) is 2.34. The van der Waals surface area contributed by atoms with E-state index in [1.807, 2.05) is 43.3 Å². The Labute approximate surface area is 126 Å². The Bertz CT molecular complexity index is 761. The summed E-state index contributed by atoms with van der Waals surface area (Å²) in [5.41, 5.74) is 0.835. The molecule has 0 aliphatic heterocycles. The molecule has 5 heteroatoms. The predicted octanol–water partition coefficient (Wildman–Crippen LogP) is 4.04. The first kappa shape index (κ1) is 13.9. The maximum atomic E-state index is 11.4. The number of nitrogens with one attached hydrogen (secondary N) is 1. The van der Waals surface area contributed by atoms with Crippen molar-refractivity contribution in [3.8, 4) is 0 Å². The SMILES string of the molecule is C[C@H](NCc1c(C(=O)O)sc2ccccc12)c1ccco1. The molecule has 0 bridgehead atoms. The number of hydrogen-bond donors (Lipinski definition) is 2. The number of benzene rings is 1. The van der Waals surface area contributed by atoms with Gasteiger partial charge in [-0.15, -0.1) is 11.3 Å². The summed E-state index contributed by atoms with van der Waals surface area (Å²) in [5, 5.41) is 13.7. The van der Waals surface area contributed by atoms with Gasteiger partial charge in [-0.3, -0.25) is 0 Å². The van der Waals surface area contributed by atoms with E-state index >= 15 is 0 Å². The Balaban J connectivity index is 1.89. The summed E-state index contributed by atoms with van der Waals surface area (Å²) in [4.78, 5) is 11.8. The zero-order valence-electron chi connectivity index (χ0n) is 11.5. The number of aromatic carboxylic acids is 1. The van der Waals surface area contributed by atoms with Gasteiger partial charge in [0.2, 0.25) is 0 Å². The molecule has 3 rings (SSSR count). The van der Waals surface area contributed by atoms with E-state index in [2.05, 4.69) is 5.32 Å². The van der Waals surface area contributed by atoms with Crippen molar-refractivity contribution in [1.29, 1.82) is 0 Å². The van der Waals surface area contributed by atoms with Crippen LogP contribution in [0.5, 0.6) is 0 Å². The van der Waals surface area contributed by atoms with E-state index in [0.717, 1.165) is 21.4 Å². The second-order valence-corrected chi connectivity index (χ2v) is 5.88. The summed E-state index contributed by atoms with van der Waals surface area (Å²) in [6.07, 6.45) is 1.64. The summed E-state index contributed by atoms with van der Waals surface area (Å²) < 4.78 is 6.35. The van der Waals surface area contributed by atoms with E-state index in [-0.39, 0.29) is 6.04 Å². The standard InChI is InChI=1S/C16H15NO3S/c1-10(13-6-4-8-20-13)17-9-12-11-5-2-3-7-14(11)21-15(12)16(18)19/h2-8,10,17H,9H2,1H3,(H,18,19)/t10-/m0/s1. The summed E-state index contributed by atoms with van der Waals surface area (Å²) in [6.45, 7) is 2.49. The van der Waals surface area contributed by atoms with Crippen LogP contribution in [0.1, 0.15) is 34.0 Å². The quantitative estimate of drug-likeness (QED) is 0.746. The van der Waals surface area contributed by atoms with Crippen LogP contribution >= 0.6 is 11.3 Å². The van der Waals surface area contributed by atoms with Gasteiger partial charge in [0.1, 0.15) is 10.6 Å². The van der Waals surface area contributed by atoms with E-state index in [0.29, 0.717) is 11.4 Å². The zero-order valence-corrected chi connectivity index (χ0v) is 12.3. The Morgan fingerprint density at radius 2 is 2.14 bits per heavy atom. The van der Waals surface area contributed by atoms with Crippen LogP contribution in [0.4, 0.5) is 0 Å². The van der Waals surface area contributed by atoms with Gasteiger partial charge in [-0.25, -0.2) is 4.79 Å². The second kappa shape index (κ2) is 5.71. The van der Waals surface area contributed by atoms with Crippen LogP contribution in [0.2, 0.25) is 0 Å². The van der Waals surface area contributed by atoms with Gasteiger partial charge in [0.25, 0.3) is 0 Å².